The molecule has 0 unspecified atom stereocenters. The summed E-state index contributed by atoms with van der Waals surface area (Å²) in [4.78, 5) is 0. The average Bonchev–Trinajstić information content (AvgIpc) is 2.87. The molecule has 0 spiro atoms. The summed E-state index contributed by atoms with van der Waals surface area (Å²) in [6.45, 7) is 9.96. The van der Waals surface area contributed by atoms with E-state index in [-0.39, 0.29) is 0 Å². The Hall–Kier alpha value is -0.300. The van der Waals surface area contributed by atoms with Crippen LogP contribution >= 0.6 is 0 Å². The van der Waals surface area contributed by atoms with Gasteiger partial charge in [-0.3, -0.25) is 0 Å². The van der Waals surface area contributed by atoms with Crippen LogP contribution < -0.4 is 5.32 Å². The van der Waals surface area contributed by atoms with Crippen LogP contribution in [0.3, 0.4) is 0 Å². The summed E-state index contributed by atoms with van der Waals surface area (Å²) in [7, 11) is 2.19. The highest BCUT2D eigenvalue weighted by Crippen LogP contribution is 2.63. The quantitative estimate of drug-likeness (QED) is 0.500. The van der Waals surface area contributed by atoms with Crippen LogP contribution in [0.25, 0.3) is 0 Å². The minimum atomic E-state index is 0.397. The van der Waals surface area contributed by atoms with Gasteiger partial charge >= 0.3 is 0 Å². The van der Waals surface area contributed by atoms with Gasteiger partial charge in [0.25, 0.3) is 0 Å². The lowest BCUT2D eigenvalue weighted by Crippen LogP contribution is -2.52. The zero-order chi connectivity index (χ0) is 19.9. The van der Waals surface area contributed by atoms with Gasteiger partial charge in [0.1, 0.15) is 0 Å². The molecule has 28 heavy (non-hydrogen) atoms. The molecule has 0 aromatic heterocycles. The van der Waals surface area contributed by atoms with Crippen LogP contribution in [0.2, 0.25) is 0 Å². The molecule has 4 saturated carbocycles. The summed E-state index contributed by atoms with van der Waals surface area (Å²) < 4.78 is 0. The van der Waals surface area contributed by atoms with Gasteiger partial charge < -0.3 is 5.32 Å². The van der Waals surface area contributed by atoms with Crippen molar-refractivity contribution in [3.05, 3.63) is 11.6 Å². The molecule has 0 aliphatic heterocycles. The van der Waals surface area contributed by atoms with Crippen LogP contribution in [0, 0.1) is 40.9 Å². The van der Waals surface area contributed by atoms with Crippen molar-refractivity contribution >= 4 is 0 Å². The Labute approximate surface area is 175 Å². The van der Waals surface area contributed by atoms with Gasteiger partial charge in [-0.1, -0.05) is 31.9 Å². The molecule has 1 heteroatoms. The van der Waals surface area contributed by atoms with E-state index in [9.17, 15) is 0 Å². The third-order valence-corrected chi connectivity index (χ3v) is 10.5. The largest absolute Gasteiger partial charge is 0.315 e. The highest BCUT2D eigenvalue weighted by atomic mass is 14.9. The molecule has 160 valence electrons. The summed E-state index contributed by atoms with van der Waals surface area (Å²) in [5.41, 5.74) is 2.71. The molecule has 4 rings (SSSR count). The fourth-order valence-corrected chi connectivity index (χ4v) is 8.81. The van der Waals surface area contributed by atoms with E-state index in [4.69, 9.17) is 0 Å². The summed E-state index contributed by atoms with van der Waals surface area (Å²) in [6.07, 6.45) is 20.1. The molecule has 1 N–H and O–H groups in total. The lowest BCUT2D eigenvalue weighted by atomic mass is 9.45. The summed E-state index contributed by atoms with van der Waals surface area (Å²) in [6, 6.07) is 0. The molecule has 0 saturated heterocycles. The maximum Gasteiger partial charge on any atom is 0.0150 e. The van der Waals surface area contributed by atoms with E-state index >= 15 is 0 Å². The molecule has 4 aliphatic carbocycles. The molecule has 0 aromatic rings. The Morgan fingerprint density at radius 2 is 1.64 bits per heavy atom. The highest BCUT2D eigenvalue weighted by Gasteiger charge is 2.55. The van der Waals surface area contributed by atoms with Crippen molar-refractivity contribution < 1.29 is 0 Å². The van der Waals surface area contributed by atoms with Crippen molar-refractivity contribution in [2.24, 2.45) is 40.9 Å². The third-order valence-electron chi connectivity index (χ3n) is 10.5. The maximum atomic E-state index is 3.68. The van der Waals surface area contributed by atoms with Crippen molar-refractivity contribution in [2.75, 3.05) is 7.05 Å². The lowest BCUT2D eigenvalue weighted by Gasteiger charge is -2.60. The van der Waals surface area contributed by atoms with E-state index in [2.05, 4.69) is 46.1 Å². The summed E-state index contributed by atoms with van der Waals surface area (Å²) in [5, 5.41) is 3.68. The fourth-order valence-electron chi connectivity index (χ4n) is 8.81. The predicted molar refractivity (Wildman–Crippen MR) is 121 cm³/mol. The van der Waals surface area contributed by atoms with Crippen LogP contribution in [0.1, 0.15) is 105 Å². The number of rotatable bonds is 3. The van der Waals surface area contributed by atoms with Crippen LogP contribution in [-0.2, 0) is 0 Å². The van der Waals surface area contributed by atoms with E-state index < -0.39 is 0 Å². The second-order valence-corrected chi connectivity index (χ2v) is 11.7. The second kappa shape index (κ2) is 8.09. The first-order valence-electron chi connectivity index (χ1n) is 12.8. The van der Waals surface area contributed by atoms with Crippen molar-refractivity contribution in [3.63, 3.8) is 0 Å². The molecular weight excluding hydrogens is 338 g/mol. The molecule has 8 atom stereocenters. The van der Waals surface area contributed by atoms with Gasteiger partial charge in [0.05, 0.1) is 0 Å². The first-order valence-corrected chi connectivity index (χ1v) is 12.8. The van der Waals surface area contributed by atoms with Gasteiger partial charge in [0.15, 0.2) is 0 Å². The first kappa shape index (κ1) is 21.0. The van der Waals surface area contributed by atoms with E-state index in [0.29, 0.717) is 11.0 Å². The summed E-state index contributed by atoms with van der Waals surface area (Å²) >= 11 is 0. The number of hydrogen-bond acceptors (Lipinski definition) is 1. The molecule has 0 heterocycles. The second-order valence-electron chi connectivity index (χ2n) is 11.7. The number of allylic oxidation sites excluding steroid dienone is 2. The minimum absolute atomic E-state index is 0.397. The smallest absolute Gasteiger partial charge is 0.0150 e. The molecule has 4 fully saturated rings. The van der Waals surface area contributed by atoms with E-state index in [1.807, 2.05) is 0 Å². The van der Waals surface area contributed by atoms with Gasteiger partial charge in [0, 0.05) is 5.54 Å². The highest BCUT2D eigenvalue weighted by molar-refractivity contribution is 5.14. The molecule has 0 radical (unpaired) electrons. The standard InChI is InChI=1S/C27H47N/c1-6-8-19(2)24-9-7-10-25-23-12-11-20-13-16-26(3,28-5)17-14-21(20)22(23)15-18-27(24,25)4/h8,20-25,28H,6-7,9-18H2,1-5H3/b19-8-/t20-,21+,22-,23-,24-,25+,26+,27-/m1/s1. The van der Waals surface area contributed by atoms with Crippen LogP contribution in [0.4, 0.5) is 0 Å². The Kier molecular flexibility index (Phi) is 6.05. The van der Waals surface area contributed by atoms with Crippen molar-refractivity contribution in [1.29, 1.82) is 0 Å². The van der Waals surface area contributed by atoms with Gasteiger partial charge in [-0.15, -0.1) is 0 Å². The average molecular weight is 386 g/mol. The van der Waals surface area contributed by atoms with Crippen molar-refractivity contribution in [3.8, 4) is 0 Å². The van der Waals surface area contributed by atoms with Gasteiger partial charge in [-0.05, 0) is 132 Å². The van der Waals surface area contributed by atoms with Gasteiger partial charge in [0.2, 0.25) is 0 Å². The zero-order valence-corrected chi connectivity index (χ0v) is 19.5. The normalized spacial score (nSPS) is 49.5. The van der Waals surface area contributed by atoms with E-state index in [0.717, 1.165) is 35.5 Å². The predicted octanol–water partition coefficient (Wildman–Crippen LogP) is 7.37. The Morgan fingerprint density at radius 3 is 2.39 bits per heavy atom. The van der Waals surface area contributed by atoms with E-state index in [1.54, 1.807) is 12.0 Å². The Bertz CT molecular complexity index is 579. The minimum Gasteiger partial charge on any atom is -0.315 e. The molecule has 4 aliphatic rings. The molecule has 0 amide bonds. The zero-order valence-electron chi connectivity index (χ0n) is 19.5. The molecular formula is C27H47N. The Balaban J connectivity index is 1.55. The summed E-state index contributed by atoms with van der Waals surface area (Å²) in [5.74, 6) is 6.02. The number of hydrogen-bond donors (Lipinski definition) is 1. The van der Waals surface area contributed by atoms with Crippen LogP contribution in [-0.4, -0.2) is 12.6 Å². The lowest BCUT2D eigenvalue weighted by molar-refractivity contribution is -0.0936. The van der Waals surface area contributed by atoms with Crippen molar-refractivity contribution in [2.45, 2.75) is 110 Å². The number of nitrogens with one attached hydrogen (secondary N) is 1. The third kappa shape index (κ3) is 3.52. The maximum absolute atomic E-state index is 3.68. The SMILES string of the molecule is CC/C=C(/C)[C@H]1CCC[C@H]2[C@@H]3CC[C@@H]4CC[C@](C)(NC)CC[C@@H]4[C@H]3CC[C@]12C. The fraction of sp³-hybridized carbons (Fsp3) is 0.926. The Morgan fingerprint density at radius 1 is 0.893 bits per heavy atom. The van der Waals surface area contributed by atoms with Crippen LogP contribution in [0.5, 0.6) is 0 Å². The first-order chi connectivity index (χ1) is 13.4. The van der Waals surface area contributed by atoms with Gasteiger partial charge in [-0.25, -0.2) is 0 Å². The van der Waals surface area contributed by atoms with E-state index in [1.165, 1.54) is 70.6 Å². The monoisotopic (exact) mass is 385 g/mol. The molecule has 1 nitrogen and oxygen atoms in total. The molecule has 0 aromatic carbocycles. The van der Waals surface area contributed by atoms with Crippen molar-refractivity contribution in [1.82, 2.24) is 5.32 Å². The van der Waals surface area contributed by atoms with Gasteiger partial charge in [-0.2, -0.15) is 0 Å². The van der Waals surface area contributed by atoms with Crippen LogP contribution in [0.15, 0.2) is 11.6 Å². The topological polar surface area (TPSA) is 12.0 Å². The number of fused-ring (bicyclic) bond motifs is 5. The molecule has 0 bridgehead atoms.